The highest BCUT2D eigenvalue weighted by Crippen LogP contribution is 2.23. The number of aryl methyl sites for hydroxylation is 2. The molecule has 0 aliphatic carbocycles. The van der Waals surface area contributed by atoms with Crippen molar-refractivity contribution in [3.8, 4) is 0 Å². The third-order valence-electron chi connectivity index (χ3n) is 4.32. The molecule has 0 aliphatic heterocycles. The fourth-order valence-corrected chi connectivity index (χ4v) is 3.71. The van der Waals surface area contributed by atoms with Crippen LogP contribution < -0.4 is 0 Å². The molecule has 0 bridgehead atoms. The summed E-state index contributed by atoms with van der Waals surface area (Å²) in [5.74, 6) is 0. The molecule has 0 fully saturated rings. The zero-order valence-corrected chi connectivity index (χ0v) is 15.5. The van der Waals surface area contributed by atoms with E-state index in [-0.39, 0.29) is 4.90 Å². The molecular weight excluding hydrogens is 342 g/mol. The standard InChI is InChI=1S/C22H21NO2S/c1-3-4-7-19-13-12-18-8-5-6-9-21(18)22(19)16-23-26(24,25)20-14-10-17(2)11-15-20/h3,5-6,8-16H,1,4,7H2,2H3/b23-16+. The largest absolute Gasteiger partial charge is 0.282 e. The van der Waals surface area contributed by atoms with Crippen LogP contribution in [0.25, 0.3) is 10.8 Å². The van der Waals surface area contributed by atoms with Crippen molar-refractivity contribution in [1.29, 1.82) is 0 Å². The molecule has 0 saturated heterocycles. The number of sulfonamides is 1. The van der Waals surface area contributed by atoms with Gasteiger partial charge in [-0.25, -0.2) is 0 Å². The van der Waals surface area contributed by atoms with Gasteiger partial charge >= 0.3 is 0 Å². The monoisotopic (exact) mass is 363 g/mol. The summed E-state index contributed by atoms with van der Waals surface area (Å²) in [7, 11) is -3.73. The van der Waals surface area contributed by atoms with Gasteiger partial charge in [0, 0.05) is 11.8 Å². The number of fused-ring (bicyclic) bond motifs is 1. The fourth-order valence-electron chi connectivity index (χ4n) is 2.86. The highest BCUT2D eigenvalue weighted by molar-refractivity contribution is 7.90. The second kappa shape index (κ2) is 7.67. The molecule has 132 valence electrons. The van der Waals surface area contributed by atoms with Crippen molar-refractivity contribution >= 4 is 27.0 Å². The SMILES string of the molecule is C=CCCc1ccc2ccccc2c1/C=N/S(=O)(=O)c1ccc(C)cc1. The third-order valence-corrected chi connectivity index (χ3v) is 5.57. The van der Waals surface area contributed by atoms with Crippen LogP contribution in [-0.2, 0) is 16.4 Å². The van der Waals surface area contributed by atoms with Gasteiger partial charge in [0.25, 0.3) is 10.0 Å². The first-order valence-corrected chi connectivity index (χ1v) is 9.94. The van der Waals surface area contributed by atoms with Gasteiger partial charge in [0.1, 0.15) is 0 Å². The Bertz CT molecular complexity index is 1060. The maximum Gasteiger partial charge on any atom is 0.282 e. The lowest BCUT2D eigenvalue weighted by Gasteiger charge is -2.09. The molecule has 3 nitrogen and oxygen atoms in total. The molecule has 0 amide bonds. The van der Waals surface area contributed by atoms with Gasteiger partial charge in [0.15, 0.2) is 0 Å². The Balaban J connectivity index is 2.07. The summed E-state index contributed by atoms with van der Waals surface area (Å²) in [6.45, 7) is 5.69. The van der Waals surface area contributed by atoms with Crippen LogP contribution in [-0.4, -0.2) is 14.6 Å². The Kier molecular flexibility index (Phi) is 5.33. The normalized spacial score (nSPS) is 11.9. The van der Waals surface area contributed by atoms with E-state index in [2.05, 4.69) is 17.0 Å². The van der Waals surface area contributed by atoms with E-state index in [1.54, 1.807) is 24.3 Å². The van der Waals surface area contributed by atoms with Gasteiger partial charge in [-0.2, -0.15) is 12.8 Å². The number of hydrogen-bond donors (Lipinski definition) is 0. The van der Waals surface area contributed by atoms with Crippen LogP contribution in [0, 0.1) is 6.92 Å². The molecular formula is C22H21NO2S. The number of benzene rings is 3. The van der Waals surface area contributed by atoms with E-state index < -0.39 is 10.0 Å². The molecule has 3 aromatic carbocycles. The van der Waals surface area contributed by atoms with Crippen molar-refractivity contribution in [3.05, 3.63) is 90.0 Å². The fraction of sp³-hybridized carbons (Fsp3) is 0.136. The Morgan fingerprint density at radius 1 is 1.00 bits per heavy atom. The topological polar surface area (TPSA) is 46.5 Å². The molecule has 0 aromatic heterocycles. The quantitative estimate of drug-likeness (QED) is 0.453. The van der Waals surface area contributed by atoms with E-state index in [0.29, 0.717) is 0 Å². The Labute approximate surface area is 154 Å². The van der Waals surface area contributed by atoms with E-state index in [1.165, 1.54) is 6.21 Å². The maximum absolute atomic E-state index is 12.6. The number of rotatable bonds is 6. The minimum atomic E-state index is -3.73. The van der Waals surface area contributed by atoms with Gasteiger partial charge < -0.3 is 0 Å². The summed E-state index contributed by atoms with van der Waals surface area (Å²) in [5.41, 5.74) is 2.92. The summed E-state index contributed by atoms with van der Waals surface area (Å²) >= 11 is 0. The lowest BCUT2D eigenvalue weighted by Crippen LogP contribution is -2.00. The Morgan fingerprint density at radius 3 is 2.46 bits per heavy atom. The molecule has 26 heavy (non-hydrogen) atoms. The smallest absolute Gasteiger partial charge is 0.199 e. The van der Waals surface area contributed by atoms with Gasteiger partial charge in [-0.3, -0.25) is 0 Å². The lowest BCUT2D eigenvalue weighted by molar-refractivity contribution is 0.598. The van der Waals surface area contributed by atoms with Gasteiger partial charge in [-0.05, 0) is 48.2 Å². The van der Waals surface area contributed by atoms with Crippen molar-refractivity contribution in [2.45, 2.75) is 24.7 Å². The van der Waals surface area contributed by atoms with Gasteiger partial charge in [-0.15, -0.1) is 6.58 Å². The summed E-state index contributed by atoms with van der Waals surface area (Å²) in [5, 5.41) is 2.06. The van der Waals surface area contributed by atoms with Crippen LogP contribution in [0.2, 0.25) is 0 Å². The van der Waals surface area contributed by atoms with Crippen molar-refractivity contribution in [1.82, 2.24) is 0 Å². The first-order chi connectivity index (χ1) is 12.5. The molecule has 0 atom stereocenters. The van der Waals surface area contributed by atoms with E-state index >= 15 is 0 Å². The average Bonchev–Trinajstić information content (AvgIpc) is 2.65. The first-order valence-electron chi connectivity index (χ1n) is 8.50. The molecule has 3 rings (SSSR count). The summed E-state index contributed by atoms with van der Waals surface area (Å²) in [6.07, 6.45) is 4.96. The van der Waals surface area contributed by atoms with Crippen LogP contribution >= 0.6 is 0 Å². The highest BCUT2D eigenvalue weighted by Gasteiger charge is 2.12. The van der Waals surface area contributed by atoms with E-state index in [9.17, 15) is 8.42 Å². The van der Waals surface area contributed by atoms with Crippen molar-refractivity contribution < 1.29 is 8.42 Å². The summed E-state index contributed by atoms with van der Waals surface area (Å²) in [6, 6.07) is 18.7. The van der Waals surface area contributed by atoms with Gasteiger partial charge in [-0.1, -0.05) is 60.2 Å². The van der Waals surface area contributed by atoms with E-state index in [0.717, 1.165) is 40.3 Å². The molecule has 0 heterocycles. The van der Waals surface area contributed by atoms with Crippen molar-refractivity contribution in [2.24, 2.45) is 4.40 Å². The van der Waals surface area contributed by atoms with Gasteiger partial charge in [0.05, 0.1) is 4.90 Å². The van der Waals surface area contributed by atoms with E-state index in [4.69, 9.17) is 0 Å². The van der Waals surface area contributed by atoms with Crippen LogP contribution in [0.1, 0.15) is 23.1 Å². The molecule has 0 unspecified atom stereocenters. The predicted octanol–water partition coefficient (Wildman–Crippen LogP) is 5.07. The third kappa shape index (κ3) is 3.92. The molecule has 3 aromatic rings. The minimum absolute atomic E-state index is 0.201. The Hall–Kier alpha value is -2.72. The zero-order chi connectivity index (χ0) is 18.6. The minimum Gasteiger partial charge on any atom is -0.199 e. The molecule has 0 radical (unpaired) electrons. The maximum atomic E-state index is 12.6. The molecule has 0 aliphatic rings. The van der Waals surface area contributed by atoms with Crippen molar-refractivity contribution in [3.63, 3.8) is 0 Å². The van der Waals surface area contributed by atoms with Gasteiger partial charge in [0.2, 0.25) is 0 Å². The zero-order valence-electron chi connectivity index (χ0n) is 14.7. The van der Waals surface area contributed by atoms with Crippen molar-refractivity contribution in [2.75, 3.05) is 0 Å². The summed E-state index contributed by atoms with van der Waals surface area (Å²) in [4.78, 5) is 0.201. The highest BCUT2D eigenvalue weighted by atomic mass is 32.2. The molecule has 0 spiro atoms. The number of hydrogen-bond acceptors (Lipinski definition) is 2. The molecule has 4 heteroatoms. The summed E-state index contributed by atoms with van der Waals surface area (Å²) < 4.78 is 29.1. The second-order valence-electron chi connectivity index (χ2n) is 6.21. The second-order valence-corrected chi connectivity index (χ2v) is 7.84. The Morgan fingerprint density at radius 2 is 1.73 bits per heavy atom. The van der Waals surface area contributed by atoms with Crippen LogP contribution in [0.15, 0.2) is 82.6 Å². The predicted molar refractivity (Wildman–Crippen MR) is 108 cm³/mol. The van der Waals surface area contributed by atoms with Crippen LogP contribution in [0.5, 0.6) is 0 Å². The van der Waals surface area contributed by atoms with Crippen LogP contribution in [0.4, 0.5) is 0 Å². The van der Waals surface area contributed by atoms with Crippen LogP contribution in [0.3, 0.4) is 0 Å². The number of nitrogens with zero attached hydrogens (tertiary/aromatic N) is 1. The molecule has 0 N–H and O–H groups in total. The first kappa shape index (κ1) is 18.1. The average molecular weight is 363 g/mol. The van der Waals surface area contributed by atoms with E-state index in [1.807, 2.05) is 43.3 Å². The lowest BCUT2D eigenvalue weighted by atomic mass is 9.97. The number of allylic oxidation sites excluding steroid dienone is 1. The molecule has 0 saturated carbocycles.